The number of hydrogen-bond acceptors (Lipinski definition) is 5. The van der Waals surface area contributed by atoms with E-state index < -0.39 is 0 Å². The monoisotopic (exact) mass is 405 g/mol. The van der Waals surface area contributed by atoms with E-state index in [0.29, 0.717) is 22.9 Å². The van der Waals surface area contributed by atoms with Crippen LogP contribution in [0.3, 0.4) is 0 Å². The number of thiazole rings is 1. The number of nitrogens with zero attached hydrogens (tertiary/aromatic N) is 2. The summed E-state index contributed by atoms with van der Waals surface area (Å²) in [4.78, 5) is 7.60. The SMILES string of the molecule is CCOc1ccccc1N1CC(O)=C(c2nc(-c3ccc(C)cc3)c(C)s2)C1=N. The third-order valence-corrected chi connectivity index (χ3v) is 5.88. The molecule has 0 aliphatic carbocycles. The fourth-order valence-electron chi connectivity index (χ4n) is 3.45. The Morgan fingerprint density at radius 3 is 2.59 bits per heavy atom. The molecule has 0 unspecified atom stereocenters. The number of aromatic nitrogens is 1. The highest BCUT2D eigenvalue weighted by Crippen LogP contribution is 2.39. The molecule has 2 aromatic carbocycles. The van der Waals surface area contributed by atoms with Crippen LogP contribution in [0.1, 0.15) is 22.4 Å². The van der Waals surface area contributed by atoms with E-state index in [9.17, 15) is 5.11 Å². The average Bonchev–Trinajstić information content (AvgIpc) is 3.22. The molecule has 4 rings (SSSR count). The molecule has 1 aromatic heterocycles. The molecule has 5 nitrogen and oxygen atoms in total. The summed E-state index contributed by atoms with van der Waals surface area (Å²) in [5.74, 6) is 1.09. The first kappa shape index (κ1) is 19.2. The maximum absolute atomic E-state index is 10.7. The Kier molecular flexibility index (Phi) is 5.11. The molecule has 0 saturated carbocycles. The van der Waals surface area contributed by atoms with Gasteiger partial charge in [-0.15, -0.1) is 11.3 Å². The van der Waals surface area contributed by atoms with Crippen molar-refractivity contribution >= 4 is 28.4 Å². The van der Waals surface area contributed by atoms with Gasteiger partial charge in [-0.3, -0.25) is 5.41 Å². The molecule has 148 valence electrons. The Balaban J connectivity index is 1.68. The molecule has 0 amide bonds. The van der Waals surface area contributed by atoms with E-state index in [1.54, 1.807) is 4.90 Å². The zero-order valence-corrected chi connectivity index (χ0v) is 17.5. The Labute approximate surface area is 174 Å². The quantitative estimate of drug-likeness (QED) is 0.580. The summed E-state index contributed by atoms with van der Waals surface area (Å²) in [7, 11) is 0. The topological polar surface area (TPSA) is 69.4 Å². The number of para-hydroxylation sites is 2. The fourth-order valence-corrected chi connectivity index (χ4v) is 4.45. The summed E-state index contributed by atoms with van der Waals surface area (Å²) in [6, 6.07) is 15.8. The predicted octanol–water partition coefficient (Wildman–Crippen LogP) is 5.59. The average molecular weight is 406 g/mol. The minimum absolute atomic E-state index is 0.158. The number of nitrogens with one attached hydrogen (secondary N) is 1. The van der Waals surface area contributed by atoms with E-state index in [2.05, 4.69) is 31.2 Å². The number of benzene rings is 2. The second-order valence-corrected chi connectivity index (χ2v) is 8.15. The van der Waals surface area contributed by atoms with Crippen LogP contribution >= 0.6 is 11.3 Å². The van der Waals surface area contributed by atoms with Crippen LogP contribution in [0.25, 0.3) is 16.8 Å². The first-order valence-electron chi connectivity index (χ1n) is 9.54. The number of rotatable bonds is 5. The molecule has 0 fully saturated rings. The first-order valence-corrected chi connectivity index (χ1v) is 10.4. The number of hydrogen-bond donors (Lipinski definition) is 2. The Bertz CT molecular complexity index is 1100. The lowest BCUT2D eigenvalue weighted by Crippen LogP contribution is -2.26. The minimum atomic E-state index is 0.158. The van der Waals surface area contributed by atoms with Crippen molar-refractivity contribution in [2.75, 3.05) is 18.1 Å². The van der Waals surface area contributed by atoms with Gasteiger partial charge >= 0.3 is 0 Å². The minimum Gasteiger partial charge on any atom is -0.510 e. The van der Waals surface area contributed by atoms with Gasteiger partial charge in [0.05, 0.1) is 30.1 Å². The van der Waals surface area contributed by atoms with E-state index in [4.69, 9.17) is 15.1 Å². The van der Waals surface area contributed by atoms with Gasteiger partial charge in [-0.05, 0) is 32.9 Å². The standard InChI is InChI=1S/C23H23N3O2S/c1-4-28-19-8-6-5-7-17(19)26-13-18(27)20(22(26)24)23-25-21(15(3)29-23)16-11-9-14(2)10-12-16/h5-12,24,27H,4,13H2,1-3H3. The van der Waals surface area contributed by atoms with Crippen LogP contribution in [0, 0.1) is 19.3 Å². The number of aliphatic hydroxyl groups is 1. The molecule has 0 spiro atoms. The summed E-state index contributed by atoms with van der Waals surface area (Å²) in [5.41, 5.74) is 4.39. The first-order chi connectivity index (χ1) is 14.0. The molecule has 3 aromatic rings. The molecule has 1 aliphatic rings. The molecular weight excluding hydrogens is 382 g/mol. The van der Waals surface area contributed by atoms with E-state index in [-0.39, 0.29) is 18.1 Å². The van der Waals surface area contributed by atoms with Gasteiger partial charge in [-0.25, -0.2) is 4.98 Å². The van der Waals surface area contributed by atoms with Gasteiger partial charge in [0.25, 0.3) is 0 Å². The molecular formula is C23H23N3O2S. The number of aliphatic hydroxyl groups excluding tert-OH is 1. The predicted molar refractivity (Wildman–Crippen MR) is 119 cm³/mol. The van der Waals surface area contributed by atoms with Gasteiger partial charge in [-0.2, -0.15) is 0 Å². The van der Waals surface area contributed by atoms with Crippen molar-refractivity contribution in [1.82, 2.24) is 4.98 Å². The van der Waals surface area contributed by atoms with Crippen LogP contribution < -0.4 is 9.64 Å². The summed E-state index contributed by atoms with van der Waals surface area (Å²) >= 11 is 1.50. The molecule has 29 heavy (non-hydrogen) atoms. The maximum Gasteiger partial charge on any atom is 0.142 e. The van der Waals surface area contributed by atoms with E-state index in [0.717, 1.165) is 21.8 Å². The Hall–Kier alpha value is -3.12. The van der Waals surface area contributed by atoms with Crippen molar-refractivity contribution in [1.29, 1.82) is 5.41 Å². The Morgan fingerprint density at radius 2 is 1.86 bits per heavy atom. The molecule has 0 radical (unpaired) electrons. The van der Waals surface area contributed by atoms with Crippen molar-refractivity contribution in [3.63, 3.8) is 0 Å². The van der Waals surface area contributed by atoms with Crippen LogP contribution in [0.5, 0.6) is 5.75 Å². The van der Waals surface area contributed by atoms with Crippen LogP contribution in [-0.4, -0.2) is 29.1 Å². The third-order valence-electron chi connectivity index (χ3n) is 4.89. The normalized spacial score (nSPS) is 14.0. The van der Waals surface area contributed by atoms with Crippen LogP contribution in [0.4, 0.5) is 5.69 Å². The highest BCUT2D eigenvalue weighted by Gasteiger charge is 2.33. The molecule has 0 atom stereocenters. The highest BCUT2D eigenvalue weighted by molar-refractivity contribution is 7.13. The van der Waals surface area contributed by atoms with Crippen LogP contribution in [-0.2, 0) is 0 Å². The smallest absolute Gasteiger partial charge is 0.142 e. The molecule has 2 heterocycles. The second kappa shape index (κ2) is 7.72. The Morgan fingerprint density at radius 1 is 1.14 bits per heavy atom. The van der Waals surface area contributed by atoms with Crippen molar-refractivity contribution in [2.45, 2.75) is 20.8 Å². The van der Waals surface area contributed by atoms with Gasteiger partial charge in [-0.1, -0.05) is 42.0 Å². The van der Waals surface area contributed by atoms with Gasteiger partial charge in [0, 0.05) is 10.4 Å². The van der Waals surface area contributed by atoms with Gasteiger partial charge in [0.15, 0.2) is 0 Å². The number of aryl methyl sites for hydroxylation is 2. The van der Waals surface area contributed by atoms with Crippen molar-refractivity contribution in [3.8, 4) is 17.0 Å². The van der Waals surface area contributed by atoms with E-state index >= 15 is 0 Å². The number of amidine groups is 1. The molecule has 0 saturated heterocycles. The van der Waals surface area contributed by atoms with E-state index in [1.807, 2.05) is 38.1 Å². The largest absolute Gasteiger partial charge is 0.510 e. The summed E-state index contributed by atoms with van der Waals surface area (Å²) in [6.45, 7) is 6.78. The number of ether oxygens (including phenoxy) is 1. The van der Waals surface area contributed by atoms with Crippen molar-refractivity contribution in [2.24, 2.45) is 0 Å². The summed E-state index contributed by atoms with van der Waals surface area (Å²) < 4.78 is 5.71. The summed E-state index contributed by atoms with van der Waals surface area (Å²) in [5, 5.41) is 20.1. The number of anilines is 1. The maximum atomic E-state index is 10.7. The zero-order chi connectivity index (χ0) is 20.5. The molecule has 1 aliphatic heterocycles. The van der Waals surface area contributed by atoms with Gasteiger partial charge in [0.2, 0.25) is 0 Å². The lowest BCUT2D eigenvalue weighted by Gasteiger charge is -2.21. The molecule has 6 heteroatoms. The fraction of sp³-hybridized carbons (Fsp3) is 0.217. The third kappa shape index (κ3) is 3.51. The van der Waals surface area contributed by atoms with Crippen molar-refractivity contribution in [3.05, 3.63) is 69.7 Å². The van der Waals surface area contributed by atoms with Crippen LogP contribution in [0.15, 0.2) is 54.3 Å². The second-order valence-electron chi connectivity index (χ2n) is 6.95. The van der Waals surface area contributed by atoms with Crippen LogP contribution in [0.2, 0.25) is 0 Å². The molecule has 0 bridgehead atoms. The molecule has 2 N–H and O–H groups in total. The highest BCUT2D eigenvalue weighted by atomic mass is 32.1. The van der Waals surface area contributed by atoms with Gasteiger partial charge in [0.1, 0.15) is 22.4 Å². The zero-order valence-electron chi connectivity index (χ0n) is 16.7. The van der Waals surface area contributed by atoms with Crippen molar-refractivity contribution < 1.29 is 9.84 Å². The van der Waals surface area contributed by atoms with Gasteiger partial charge < -0.3 is 14.7 Å². The summed E-state index contributed by atoms with van der Waals surface area (Å²) in [6.07, 6.45) is 0. The lowest BCUT2D eigenvalue weighted by atomic mass is 10.1. The van der Waals surface area contributed by atoms with E-state index in [1.165, 1.54) is 16.9 Å². The lowest BCUT2D eigenvalue weighted by molar-refractivity contribution is 0.341.